The van der Waals surface area contributed by atoms with Crippen LogP contribution < -0.4 is 21.7 Å². The lowest BCUT2D eigenvalue weighted by atomic mass is 9.93. The van der Waals surface area contributed by atoms with Crippen LogP contribution in [-0.2, 0) is 23.9 Å². The van der Waals surface area contributed by atoms with Crippen molar-refractivity contribution < 1.29 is 41.9 Å². The first-order valence-electron chi connectivity index (χ1n) is 13.5. The molecule has 0 aromatic carbocycles. The van der Waals surface area contributed by atoms with E-state index in [2.05, 4.69) is 16.0 Å². The van der Waals surface area contributed by atoms with Gasteiger partial charge in [-0.3, -0.25) is 19.2 Å². The molecule has 1 saturated carbocycles. The molecule has 0 spiro atoms. The zero-order valence-corrected chi connectivity index (χ0v) is 23.7. The number of carbonyl (C=O) groups excluding carboxylic acids is 5. The van der Waals surface area contributed by atoms with Crippen molar-refractivity contribution in [3.8, 4) is 0 Å². The number of amides is 5. The Bertz CT molecular complexity index is 1040. The quantitative estimate of drug-likeness (QED) is 0.326. The van der Waals surface area contributed by atoms with Gasteiger partial charge in [-0.1, -0.05) is 20.8 Å². The van der Waals surface area contributed by atoms with Crippen LogP contribution in [0.1, 0.15) is 60.8 Å². The van der Waals surface area contributed by atoms with Crippen molar-refractivity contribution in [2.45, 2.75) is 90.7 Å². The molecule has 5 N–H and O–H groups in total. The minimum absolute atomic E-state index is 0.00163. The molecule has 14 heteroatoms. The fourth-order valence-corrected chi connectivity index (χ4v) is 6.07. The van der Waals surface area contributed by atoms with Gasteiger partial charge in [-0.2, -0.15) is 13.2 Å². The molecule has 3 aliphatic rings. The van der Waals surface area contributed by atoms with Crippen molar-refractivity contribution in [1.82, 2.24) is 20.9 Å². The Morgan fingerprint density at radius 1 is 1.18 bits per heavy atom. The molecule has 0 aromatic heterocycles. The highest BCUT2D eigenvalue weighted by atomic mass is 19.4. The normalized spacial score (nSPS) is 27.6. The van der Waals surface area contributed by atoms with E-state index in [0.29, 0.717) is 13.0 Å². The zero-order chi connectivity index (χ0) is 30.4. The zero-order valence-electron chi connectivity index (χ0n) is 23.7. The number of nitrogens with zero attached hydrogens (tertiary/aromatic N) is 1. The molecule has 1 aliphatic carbocycles. The van der Waals surface area contributed by atoms with E-state index in [-0.39, 0.29) is 36.1 Å². The molecule has 2 heterocycles. The van der Waals surface area contributed by atoms with Crippen LogP contribution in [0.25, 0.3) is 0 Å². The lowest BCUT2D eigenvalue weighted by Crippen LogP contribution is -2.61. The third kappa shape index (κ3) is 6.63. The third-order valence-electron chi connectivity index (χ3n) is 8.30. The van der Waals surface area contributed by atoms with E-state index in [1.165, 1.54) is 27.7 Å². The van der Waals surface area contributed by atoms with Gasteiger partial charge in [0.2, 0.25) is 23.6 Å². The fourth-order valence-electron chi connectivity index (χ4n) is 6.07. The summed E-state index contributed by atoms with van der Waals surface area (Å²) in [5.41, 5.74) is 4.10. The summed E-state index contributed by atoms with van der Waals surface area (Å²) in [5, 5.41) is 7.30. The predicted molar refractivity (Wildman–Crippen MR) is 136 cm³/mol. The van der Waals surface area contributed by atoms with Gasteiger partial charge in [0.05, 0.1) is 5.92 Å². The number of rotatable bonds is 9. The van der Waals surface area contributed by atoms with E-state index < -0.39 is 72.0 Å². The molecule has 0 radical (unpaired) electrons. The Morgan fingerprint density at radius 2 is 1.80 bits per heavy atom. The van der Waals surface area contributed by atoms with Crippen LogP contribution >= 0.6 is 0 Å². The summed E-state index contributed by atoms with van der Waals surface area (Å²) >= 11 is 0. The highest BCUT2D eigenvalue weighted by molar-refractivity contribution is 5.95. The first-order chi connectivity index (χ1) is 18.3. The van der Waals surface area contributed by atoms with Gasteiger partial charge in [0, 0.05) is 19.0 Å². The Morgan fingerprint density at radius 3 is 2.27 bits per heavy atom. The maximum atomic E-state index is 14.0. The molecule has 2 unspecified atom stereocenters. The number of hydrogen-bond acceptors (Lipinski definition) is 6. The topological polar surface area (TPSA) is 160 Å². The van der Waals surface area contributed by atoms with E-state index in [1.807, 2.05) is 13.8 Å². The van der Waals surface area contributed by atoms with Crippen LogP contribution in [0.15, 0.2) is 0 Å². The number of halogens is 3. The number of piperidine rings is 1. The van der Waals surface area contributed by atoms with Crippen molar-refractivity contribution in [3.63, 3.8) is 0 Å². The van der Waals surface area contributed by atoms with Crippen molar-refractivity contribution >= 4 is 29.7 Å². The van der Waals surface area contributed by atoms with E-state index >= 15 is 0 Å². The lowest BCUT2D eigenvalue weighted by Gasteiger charge is -2.36. The highest BCUT2D eigenvalue weighted by Gasteiger charge is 2.70. The molecular formula is C26H40F3N5O6. The number of fused-ring (bicyclic) bond motifs is 1. The standard InChI is InChI=1S/C26H40F3N5O6/c1-7-13(26(27,28)29)17(33-23(39)40-24(2,3)4)22(38)34-11-14-16(25(14,5)6)18(34)21(37)32-15(19(30)35)10-12-8-9-31-20(12)36/h12-18H,7-11H2,1-6H3,(H2,30,35)(H,31,36)(H,32,37)(H,33,39)/t12-,13?,14-,15-,16-,17?,18-/m0/s1. The van der Waals surface area contributed by atoms with Crippen LogP contribution in [0.4, 0.5) is 18.0 Å². The largest absolute Gasteiger partial charge is 0.444 e. The number of alkyl carbamates (subject to hydrolysis) is 1. The molecule has 7 atom stereocenters. The molecule has 0 bridgehead atoms. The third-order valence-corrected chi connectivity index (χ3v) is 8.30. The van der Waals surface area contributed by atoms with Gasteiger partial charge in [0.1, 0.15) is 23.7 Å². The number of hydrogen-bond donors (Lipinski definition) is 4. The molecule has 3 rings (SSSR count). The molecular weight excluding hydrogens is 535 g/mol. The SMILES string of the molecule is CCC(C(NC(=O)OC(C)(C)C)C(=O)N1C[C@H]2[C@@H]([C@H]1C(=O)N[C@@H](C[C@@H]1CCNC1=O)C(N)=O)C2(C)C)C(F)(F)F. The van der Waals surface area contributed by atoms with Crippen LogP contribution in [0.2, 0.25) is 0 Å². The van der Waals surface area contributed by atoms with Crippen LogP contribution in [0.5, 0.6) is 0 Å². The summed E-state index contributed by atoms with van der Waals surface area (Å²) in [6.45, 7) is 10.1. The minimum atomic E-state index is -4.83. The van der Waals surface area contributed by atoms with Gasteiger partial charge >= 0.3 is 12.3 Å². The fraction of sp³-hybridized carbons (Fsp3) is 0.808. The Hall–Kier alpha value is -3.06. The summed E-state index contributed by atoms with van der Waals surface area (Å²) in [6.07, 6.45) is -6.12. The molecule has 5 amide bonds. The lowest BCUT2D eigenvalue weighted by molar-refractivity contribution is -0.188. The van der Waals surface area contributed by atoms with Gasteiger partial charge in [-0.15, -0.1) is 0 Å². The van der Waals surface area contributed by atoms with Crippen molar-refractivity contribution in [2.75, 3.05) is 13.1 Å². The smallest absolute Gasteiger partial charge is 0.408 e. The molecule has 2 saturated heterocycles. The first-order valence-corrected chi connectivity index (χ1v) is 13.5. The summed E-state index contributed by atoms with van der Waals surface area (Å²) in [6, 6.07) is -4.45. The molecule has 40 heavy (non-hydrogen) atoms. The minimum Gasteiger partial charge on any atom is -0.444 e. The van der Waals surface area contributed by atoms with E-state index in [4.69, 9.17) is 10.5 Å². The number of alkyl halides is 3. The number of carbonyl (C=O) groups is 5. The molecule has 11 nitrogen and oxygen atoms in total. The molecule has 226 valence electrons. The summed E-state index contributed by atoms with van der Waals surface area (Å²) < 4.78 is 47.2. The monoisotopic (exact) mass is 575 g/mol. The highest BCUT2D eigenvalue weighted by Crippen LogP contribution is 2.65. The second-order valence-electron chi connectivity index (χ2n) is 12.5. The van der Waals surface area contributed by atoms with Crippen LogP contribution in [0, 0.1) is 29.1 Å². The van der Waals surface area contributed by atoms with E-state index in [0.717, 1.165) is 4.90 Å². The maximum Gasteiger partial charge on any atom is 0.408 e. The number of primary amides is 1. The van der Waals surface area contributed by atoms with Crippen molar-refractivity contribution in [3.05, 3.63) is 0 Å². The average molecular weight is 576 g/mol. The second kappa shape index (κ2) is 11.1. The Balaban J connectivity index is 1.88. The van der Waals surface area contributed by atoms with Crippen LogP contribution in [0.3, 0.4) is 0 Å². The summed E-state index contributed by atoms with van der Waals surface area (Å²) in [4.78, 5) is 65.1. The molecule has 0 aromatic rings. The number of nitrogens with two attached hydrogens (primary N) is 1. The van der Waals surface area contributed by atoms with Crippen molar-refractivity contribution in [1.29, 1.82) is 0 Å². The number of likely N-dealkylation sites (tertiary alicyclic amines) is 1. The summed E-state index contributed by atoms with van der Waals surface area (Å²) in [7, 11) is 0. The van der Waals surface area contributed by atoms with Crippen molar-refractivity contribution in [2.24, 2.45) is 34.8 Å². The van der Waals surface area contributed by atoms with Gasteiger partial charge in [-0.05, 0) is 57.3 Å². The second-order valence-corrected chi connectivity index (χ2v) is 12.5. The van der Waals surface area contributed by atoms with Gasteiger partial charge < -0.3 is 31.3 Å². The Kier molecular flexibility index (Phi) is 8.71. The van der Waals surface area contributed by atoms with Gasteiger partial charge in [0.25, 0.3) is 0 Å². The number of nitrogens with one attached hydrogen (secondary N) is 3. The van der Waals surface area contributed by atoms with Crippen LogP contribution in [-0.4, -0.2) is 77.6 Å². The maximum absolute atomic E-state index is 14.0. The molecule has 3 fully saturated rings. The first kappa shape index (κ1) is 31.5. The van der Waals surface area contributed by atoms with E-state index in [1.54, 1.807) is 0 Å². The Labute approximate surface area is 231 Å². The van der Waals surface area contributed by atoms with E-state index in [9.17, 15) is 37.1 Å². The predicted octanol–water partition coefficient (Wildman–Crippen LogP) is 1.45. The van der Waals surface area contributed by atoms with Gasteiger partial charge in [-0.25, -0.2) is 4.79 Å². The average Bonchev–Trinajstić information content (AvgIpc) is 3.15. The summed E-state index contributed by atoms with van der Waals surface area (Å²) in [5.74, 6) is -6.28. The van der Waals surface area contributed by atoms with Gasteiger partial charge in [0.15, 0.2) is 0 Å². The number of ether oxygens (including phenoxy) is 1. The molecule has 2 aliphatic heterocycles.